The zero-order chi connectivity index (χ0) is 20.4. The average Bonchev–Trinajstić information content (AvgIpc) is 3.27. The Morgan fingerprint density at radius 1 is 1.24 bits per heavy atom. The van der Waals surface area contributed by atoms with E-state index in [0.29, 0.717) is 32.5 Å². The van der Waals surface area contributed by atoms with Gasteiger partial charge >= 0.3 is 0 Å². The lowest BCUT2D eigenvalue weighted by Crippen LogP contribution is -2.58. The first-order valence-corrected chi connectivity index (χ1v) is 10.6. The van der Waals surface area contributed by atoms with Crippen molar-refractivity contribution in [1.82, 2.24) is 30.0 Å². The number of likely N-dealkylation sites (tertiary alicyclic amines) is 1. The number of morpholine rings is 1. The number of hydrogen-bond acceptors (Lipinski definition) is 5. The van der Waals surface area contributed by atoms with Crippen LogP contribution < -0.4 is 0 Å². The number of aryl methyl sites for hydroxylation is 3. The molecular weight excluding hydrogens is 368 g/mol. The smallest absolute Gasteiger partial charge is 0.223 e. The minimum Gasteiger partial charge on any atom is -0.371 e. The maximum atomic E-state index is 12.8. The number of imidazole rings is 1. The molecule has 4 rings (SSSR count). The molecule has 158 valence electrons. The molecule has 2 aromatic heterocycles. The highest BCUT2D eigenvalue weighted by Crippen LogP contribution is 2.31. The summed E-state index contributed by atoms with van der Waals surface area (Å²) in [6.45, 7) is 10.9. The predicted molar refractivity (Wildman–Crippen MR) is 109 cm³/mol. The number of amides is 1. The van der Waals surface area contributed by atoms with Gasteiger partial charge in [-0.1, -0.05) is 0 Å². The summed E-state index contributed by atoms with van der Waals surface area (Å²) in [5, 5.41) is 7.33. The molecule has 2 fully saturated rings. The first-order valence-electron chi connectivity index (χ1n) is 10.6. The Morgan fingerprint density at radius 3 is 2.69 bits per heavy atom. The first kappa shape index (κ1) is 20.1. The quantitative estimate of drug-likeness (QED) is 0.800. The van der Waals surface area contributed by atoms with Gasteiger partial charge in [-0.05, 0) is 39.2 Å². The number of ether oxygens (including phenoxy) is 1. The van der Waals surface area contributed by atoms with E-state index in [4.69, 9.17) is 4.74 Å². The van der Waals surface area contributed by atoms with Crippen molar-refractivity contribution in [1.29, 1.82) is 0 Å². The van der Waals surface area contributed by atoms with Crippen molar-refractivity contribution < 1.29 is 9.53 Å². The molecule has 1 spiro atoms. The normalized spacial score (nSPS) is 19.8. The number of piperidine rings is 1. The van der Waals surface area contributed by atoms with Gasteiger partial charge in [0.05, 0.1) is 17.9 Å². The van der Waals surface area contributed by atoms with Crippen LogP contribution in [0.3, 0.4) is 0 Å². The van der Waals surface area contributed by atoms with Gasteiger partial charge in [-0.25, -0.2) is 4.98 Å². The molecule has 8 nitrogen and oxygen atoms in total. The molecule has 2 aromatic rings. The van der Waals surface area contributed by atoms with Gasteiger partial charge in [0, 0.05) is 63.2 Å². The van der Waals surface area contributed by atoms with E-state index in [-0.39, 0.29) is 11.5 Å². The van der Waals surface area contributed by atoms with E-state index in [1.165, 1.54) is 0 Å². The second kappa shape index (κ2) is 8.28. The van der Waals surface area contributed by atoms with Crippen LogP contribution in [0.25, 0.3) is 0 Å². The van der Waals surface area contributed by atoms with Gasteiger partial charge in [0.25, 0.3) is 0 Å². The molecule has 1 amide bonds. The topological polar surface area (TPSA) is 90.1 Å². The molecule has 0 aliphatic carbocycles. The van der Waals surface area contributed by atoms with Crippen molar-refractivity contribution in [2.75, 3.05) is 32.8 Å². The van der Waals surface area contributed by atoms with E-state index >= 15 is 0 Å². The van der Waals surface area contributed by atoms with E-state index < -0.39 is 0 Å². The van der Waals surface area contributed by atoms with Gasteiger partial charge in [0.15, 0.2) is 0 Å². The number of nitrogens with zero attached hydrogens (tertiary/aromatic N) is 4. The van der Waals surface area contributed by atoms with Crippen LogP contribution >= 0.6 is 0 Å². The largest absolute Gasteiger partial charge is 0.371 e. The zero-order valence-electron chi connectivity index (χ0n) is 17.8. The van der Waals surface area contributed by atoms with Crippen molar-refractivity contribution in [2.24, 2.45) is 0 Å². The third kappa shape index (κ3) is 4.53. The minimum atomic E-state index is -0.187. The maximum absolute atomic E-state index is 12.8. The van der Waals surface area contributed by atoms with E-state index in [0.717, 1.165) is 60.9 Å². The van der Waals surface area contributed by atoms with Gasteiger partial charge in [-0.15, -0.1) is 0 Å². The van der Waals surface area contributed by atoms with E-state index in [1.54, 1.807) is 0 Å². The molecule has 0 unspecified atom stereocenters. The van der Waals surface area contributed by atoms with Crippen LogP contribution in [0.2, 0.25) is 0 Å². The van der Waals surface area contributed by atoms with Crippen molar-refractivity contribution >= 4 is 5.91 Å². The fraction of sp³-hybridized carbons (Fsp3) is 0.667. The Kier molecular flexibility index (Phi) is 5.74. The van der Waals surface area contributed by atoms with Crippen LogP contribution in [0, 0.1) is 20.8 Å². The van der Waals surface area contributed by atoms with Crippen LogP contribution in [0.4, 0.5) is 0 Å². The van der Waals surface area contributed by atoms with Crippen molar-refractivity contribution in [3.05, 3.63) is 34.7 Å². The Labute approximate surface area is 172 Å². The Morgan fingerprint density at radius 2 is 2.03 bits per heavy atom. The van der Waals surface area contributed by atoms with Crippen LogP contribution in [0.15, 0.2) is 6.20 Å². The van der Waals surface area contributed by atoms with Crippen LogP contribution in [-0.4, -0.2) is 74.3 Å². The summed E-state index contributed by atoms with van der Waals surface area (Å²) in [6, 6.07) is 0. The van der Waals surface area contributed by atoms with Crippen molar-refractivity contribution in [3.63, 3.8) is 0 Å². The lowest BCUT2D eigenvalue weighted by Gasteiger charge is -2.47. The summed E-state index contributed by atoms with van der Waals surface area (Å²) in [5.74, 6) is 1.17. The average molecular weight is 401 g/mol. The van der Waals surface area contributed by atoms with Gasteiger partial charge in [-0.3, -0.25) is 14.8 Å². The number of H-pyrrole nitrogens is 2. The molecule has 0 saturated carbocycles. The SMILES string of the molecule is Cc1ncc(CN2CCC3(CC2)CN(C(=O)CCc2n[nH]c(C)c2C)CCO3)[nH]1. The summed E-state index contributed by atoms with van der Waals surface area (Å²) in [4.78, 5) is 24.9. The Bertz CT molecular complexity index is 849. The molecule has 0 radical (unpaired) electrons. The number of aromatic nitrogens is 4. The van der Waals surface area contributed by atoms with Gasteiger partial charge in [-0.2, -0.15) is 5.10 Å². The highest BCUT2D eigenvalue weighted by Gasteiger charge is 2.40. The fourth-order valence-corrected chi connectivity index (χ4v) is 4.43. The van der Waals surface area contributed by atoms with E-state index in [2.05, 4.69) is 32.0 Å². The fourth-order valence-electron chi connectivity index (χ4n) is 4.43. The maximum Gasteiger partial charge on any atom is 0.223 e. The number of carbonyl (C=O) groups excluding carboxylic acids is 1. The molecule has 29 heavy (non-hydrogen) atoms. The Balaban J connectivity index is 1.28. The number of hydrogen-bond donors (Lipinski definition) is 2. The molecule has 0 bridgehead atoms. The highest BCUT2D eigenvalue weighted by molar-refractivity contribution is 5.76. The molecule has 2 aliphatic heterocycles. The Hall–Kier alpha value is -2.19. The molecule has 2 saturated heterocycles. The molecule has 2 N–H and O–H groups in total. The summed E-state index contributed by atoms with van der Waals surface area (Å²) < 4.78 is 6.22. The number of carbonyl (C=O) groups is 1. The van der Waals surface area contributed by atoms with Crippen LogP contribution in [0.5, 0.6) is 0 Å². The van der Waals surface area contributed by atoms with E-state index in [1.807, 2.05) is 24.9 Å². The third-order valence-electron chi connectivity index (χ3n) is 6.45. The first-order chi connectivity index (χ1) is 13.9. The summed E-state index contributed by atoms with van der Waals surface area (Å²) in [6.07, 6.45) is 5.03. The van der Waals surface area contributed by atoms with Gasteiger partial charge in [0.2, 0.25) is 5.91 Å². The lowest BCUT2D eigenvalue weighted by atomic mass is 9.89. The number of rotatable bonds is 5. The summed E-state index contributed by atoms with van der Waals surface area (Å²) in [7, 11) is 0. The molecule has 0 aromatic carbocycles. The number of aromatic amines is 2. The van der Waals surface area contributed by atoms with Crippen molar-refractivity contribution in [3.8, 4) is 0 Å². The predicted octanol–water partition coefficient (Wildman–Crippen LogP) is 1.88. The van der Waals surface area contributed by atoms with Crippen LogP contribution in [0.1, 0.15) is 47.7 Å². The zero-order valence-corrected chi connectivity index (χ0v) is 17.8. The minimum absolute atomic E-state index is 0.187. The van der Waals surface area contributed by atoms with E-state index in [9.17, 15) is 4.79 Å². The second-order valence-corrected chi connectivity index (χ2v) is 8.54. The van der Waals surface area contributed by atoms with Gasteiger partial charge < -0.3 is 14.6 Å². The number of nitrogens with one attached hydrogen (secondary N) is 2. The van der Waals surface area contributed by atoms with Gasteiger partial charge in [0.1, 0.15) is 5.82 Å². The van der Waals surface area contributed by atoms with Crippen molar-refractivity contribution in [2.45, 2.75) is 58.6 Å². The summed E-state index contributed by atoms with van der Waals surface area (Å²) >= 11 is 0. The molecular formula is C21H32N6O2. The third-order valence-corrected chi connectivity index (χ3v) is 6.45. The molecule has 0 atom stereocenters. The van der Waals surface area contributed by atoms with Crippen LogP contribution in [-0.2, 0) is 22.5 Å². The standard InChI is InChI=1S/C21H32N6O2/c1-15-16(2)24-25-19(15)4-5-20(28)27-10-11-29-21(14-27)6-8-26(9-7-21)13-18-12-22-17(3)23-18/h12H,4-11,13-14H2,1-3H3,(H,22,23)(H,24,25). The monoisotopic (exact) mass is 400 g/mol. The lowest BCUT2D eigenvalue weighted by molar-refractivity contribution is -0.159. The molecule has 4 heterocycles. The second-order valence-electron chi connectivity index (χ2n) is 8.54. The summed E-state index contributed by atoms with van der Waals surface area (Å²) in [5.41, 5.74) is 4.21. The molecule has 2 aliphatic rings. The molecule has 8 heteroatoms. The highest BCUT2D eigenvalue weighted by atomic mass is 16.5.